The number of nitrogens with one attached hydrogen (secondary N) is 1. The summed E-state index contributed by atoms with van der Waals surface area (Å²) in [6.07, 6.45) is 4.85. The number of benzene rings is 1. The van der Waals surface area contributed by atoms with Crippen LogP contribution < -0.4 is 5.32 Å². The highest BCUT2D eigenvalue weighted by atomic mass is 79.9. The van der Waals surface area contributed by atoms with Gasteiger partial charge in [-0.3, -0.25) is 0 Å². The molecule has 0 unspecified atom stereocenters. The van der Waals surface area contributed by atoms with Crippen molar-refractivity contribution >= 4 is 32.5 Å². The van der Waals surface area contributed by atoms with E-state index in [-0.39, 0.29) is 5.82 Å². The number of rotatable bonds is 3. The zero-order chi connectivity index (χ0) is 14.1. The van der Waals surface area contributed by atoms with Crippen LogP contribution in [0.2, 0.25) is 0 Å². The monoisotopic (exact) mass is 336 g/mol. The average Bonchev–Trinajstić information content (AvgIpc) is 2.93. The van der Waals surface area contributed by atoms with Crippen molar-refractivity contribution in [3.05, 3.63) is 34.2 Å². The standard InChI is InChI=1S/C16H18BrFN2/c1-2-19-15-9-14(10-5-3-4-6-10)20-16-12(15)7-11(17)8-13(16)18/h7-10H,2-6H2,1H3,(H,19,20). The molecule has 0 atom stereocenters. The van der Waals surface area contributed by atoms with E-state index < -0.39 is 0 Å². The second kappa shape index (κ2) is 5.68. The molecule has 106 valence electrons. The summed E-state index contributed by atoms with van der Waals surface area (Å²) in [7, 11) is 0. The summed E-state index contributed by atoms with van der Waals surface area (Å²) in [4.78, 5) is 4.60. The number of hydrogen-bond acceptors (Lipinski definition) is 2. The van der Waals surface area contributed by atoms with Gasteiger partial charge in [0.2, 0.25) is 0 Å². The number of nitrogens with zero attached hydrogens (tertiary/aromatic N) is 1. The summed E-state index contributed by atoms with van der Waals surface area (Å²) in [6, 6.07) is 5.53. The van der Waals surface area contributed by atoms with Crippen LogP contribution in [0.1, 0.15) is 44.2 Å². The minimum absolute atomic E-state index is 0.256. The fraction of sp³-hybridized carbons (Fsp3) is 0.438. The van der Waals surface area contributed by atoms with Crippen molar-refractivity contribution in [3.8, 4) is 0 Å². The third-order valence-corrected chi connectivity index (χ3v) is 4.45. The molecule has 1 aromatic carbocycles. The maximum Gasteiger partial charge on any atom is 0.150 e. The predicted molar refractivity (Wildman–Crippen MR) is 84.8 cm³/mol. The van der Waals surface area contributed by atoms with Gasteiger partial charge in [-0.1, -0.05) is 28.8 Å². The maximum atomic E-state index is 14.2. The Labute approximate surface area is 126 Å². The Kier molecular flexibility index (Phi) is 3.92. The van der Waals surface area contributed by atoms with Crippen LogP contribution in [0, 0.1) is 5.82 Å². The van der Waals surface area contributed by atoms with E-state index in [4.69, 9.17) is 0 Å². The van der Waals surface area contributed by atoms with Crippen molar-refractivity contribution < 1.29 is 4.39 Å². The Morgan fingerprint density at radius 2 is 2.05 bits per heavy atom. The van der Waals surface area contributed by atoms with E-state index in [9.17, 15) is 4.39 Å². The van der Waals surface area contributed by atoms with Crippen molar-refractivity contribution in [3.63, 3.8) is 0 Å². The first kappa shape index (κ1) is 13.8. The lowest BCUT2D eigenvalue weighted by Gasteiger charge is -2.15. The first-order chi connectivity index (χ1) is 9.69. The Morgan fingerprint density at radius 3 is 2.75 bits per heavy atom. The van der Waals surface area contributed by atoms with Gasteiger partial charge in [0.1, 0.15) is 5.52 Å². The second-order valence-corrected chi connectivity index (χ2v) is 6.31. The molecule has 0 saturated heterocycles. The minimum Gasteiger partial charge on any atom is -0.385 e. The number of aromatic nitrogens is 1. The molecule has 3 rings (SSSR count). The van der Waals surface area contributed by atoms with Gasteiger partial charge in [-0.15, -0.1) is 0 Å². The summed E-state index contributed by atoms with van der Waals surface area (Å²) in [5.41, 5.74) is 2.50. The van der Waals surface area contributed by atoms with Crippen LogP contribution in [0.25, 0.3) is 10.9 Å². The summed E-state index contributed by atoms with van der Waals surface area (Å²) in [5.74, 6) is 0.230. The SMILES string of the molecule is CCNc1cc(C2CCCC2)nc2c(F)cc(Br)cc12. The Morgan fingerprint density at radius 1 is 1.30 bits per heavy atom. The van der Waals surface area contributed by atoms with Gasteiger partial charge in [-0.25, -0.2) is 9.37 Å². The van der Waals surface area contributed by atoms with Crippen molar-refractivity contribution in [2.24, 2.45) is 0 Å². The molecule has 0 bridgehead atoms. The van der Waals surface area contributed by atoms with Crippen LogP contribution in [0.5, 0.6) is 0 Å². The van der Waals surface area contributed by atoms with Gasteiger partial charge < -0.3 is 5.32 Å². The van der Waals surface area contributed by atoms with Crippen molar-refractivity contribution in [2.75, 3.05) is 11.9 Å². The normalized spacial score (nSPS) is 15.9. The molecular formula is C16H18BrFN2. The zero-order valence-corrected chi connectivity index (χ0v) is 13.1. The summed E-state index contributed by atoms with van der Waals surface area (Å²) < 4.78 is 15.0. The van der Waals surface area contributed by atoms with Crippen molar-refractivity contribution in [2.45, 2.75) is 38.5 Å². The van der Waals surface area contributed by atoms with Crippen LogP contribution in [0.4, 0.5) is 10.1 Å². The van der Waals surface area contributed by atoms with E-state index in [0.717, 1.165) is 27.8 Å². The fourth-order valence-electron chi connectivity index (χ4n) is 3.04. The summed E-state index contributed by atoms with van der Waals surface area (Å²) in [5, 5.41) is 4.19. The molecule has 1 fully saturated rings. The highest BCUT2D eigenvalue weighted by molar-refractivity contribution is 9.10. The van der Waals surface area contributed by atoms with E-state index >= 15 is 0 Å². The largest absolute Gasteiger partial charge is 0.385 e. The topological polar surface area (TPSA) is 24.9 Å². The minimum atomic E-state index is -0.256. The molecule has 0 aliphatic heterocycles. The molecule has 1 aliphatic carbocycles. The Hall–Kier alpha value is -1.16. The molecule has 1 heterocycles. The number of fused-ring (bicyclic) bond motifs is 1. The second-order valence-electron chi connectivity index (χ2n) is 5.39. The lowest BCUT2D eigenvalue weighted by molar-refractivity contribution is 0.633. The van der Waals surface area contributed by atoms with E-state index in [1.54, 1.807) is 0 Å². The Balaban J connectivity index is 2.19. The first-order valence-corrected chi connectivity index (χ1v) is 8.02. The van der Waals surface area contributed by atoms with E-state index in [0.29, 0.717) is 11.4 Å². The van der Waals surface area contributed by atoms with Gasteiger partial charge in [0.15, 0.2) is 5.82 Å². The van der Waals surface area contributed by atoms with E-state index in [1.165, 1.54) is 31.7 Å². The van der Waals surface area contributed by atoms with Gasteiger partial charge in [-0.05, 0) is 38.0 Å². The number of halogens is 2. The molecule has 1 saturated carbocycles. The maximum absolute atomic E-state index is 14.2. The highest BCUT2D eigenvalue weighted by Gasteiger charge is 2.20. The molecule has 2 nitrogen and oxygen atoms in total. The summed E-state index contributed by atoms with van der Waals surface area (Å²) >= 11 is 3.36. The average molecular weight is 337 g/mol. The van der Waals surface area contributed by atoms with Crippen LogP contribution in [-0.2, 0) is 0 Å². The van der Waals surface area contributed by atoms with Crippen LogP contribution >= 0.6 is 15.9 Å². The molecule has 1 aromatic heterocycles. The third-order valence-electron chi connectivity index (χ3n) is 3.99. The molecule has 20 heavy (non-hydrogen) atoms. The van der Waals surface area contributed by atoms with E-state index in [1.807, 2.05) is 6.07 Å². The van der Waals surface area contributed by atoms with Crippen molar-refractivity contribution in [1.29, 1.82) is 0 Å². The highest BCUT2D eigenvalue weighted by Crippen LogP contribution is 2.37. The predicted octanol–water partition coefficient (Wildman–Crippen LogP) is 5.23. The van der Waals surface area contributed by atoms with Gasteiger partial charge >= 0.3 is 0 Å². The van der Waals surface area contributed by atoms with Gasteiger partial charge in [-0.2, -0.15) is 0 Å². The van der Waals surface area contributed by atoms with Gasteiger partial charge in [0.25, 0.3) is 0 Å². The molecule has 0 amide bonds. The van der Waals surface area contributed by atoms with Crippen LogP contribution in [0.15, 0.2) is 22.7 Å². The molecule has 4 heteroatoms. The van der Waals surface area contributed by atoms with Gasteiger partial charge in [0, 0.05) is 33.7 Å². The summed E-state index contributed by atoms with van der Waals surface area (Å²) in [6.45, 7) is 2.87. The van der Waals surface area contributed by atoms with E-state index in [2.05, 4.69) is 39.2 Å². The van der Waals surface area contributed by atoms with Gasteiger partial charge in [0.05, 0.1) is 0 Å². The molecule has 1 aliphatic rings. The molecule has 2 aromatic rings. The quantitative estimate of drug-likeness (QED) is 0.830. The van der Waals surface area contributed by atoms with Crippen LogP contribution in [-0.4, -0.2) is 11.5 Å². The van der Waals surface area contributed by atoms with Crippen molar-refractivity contribution in [1.82, 2.24) is 4.98 Å². The first-order valence-electron chi connectivity index (χ1n) is 7.22. The third kappa shape index (κ3) is 2.53. The molecule has 0 spiro atoms. The van der Waals surface area contributed by atoms with Crippen LogP contribution in [0.3, 0.4) is 0 Å². The lowest BCUT2D eigenvalue weighted by atomic mass is 10.0. The number of pyridine rings is 1. The molecular weight excluding hydrogens is 319 g/mol. The molecule has 1 N–H and O–H groups in total. The number of anilines is 1. The smallest absolute Gasteiger partial charge is 0.150 e. The lowest BCUT2D eigenvalue weighted by Crippen LogP contribution is -2.04. The fourth-order valence-corrected chi connectivity index (χ4v) is 3.47. The Bertz CT molecular complexity index is 636. The molecule has 0 radical (unpaired) electrons. The number of hydrogen-bond donors (Lipinski definition) is 1. The zero-order valence-electron chi connectivity index (χ0n) is 11.5.